The van der Waals surface area contributed by atoms with E-state index in [0.717, 1.165) is 15.4 Å². The molecule has 0 aliphatic heterocycles. The first-order chi connectivity index (χ1) is 11.0. The smallest absolute Gasteiger partial charge is 0.315 e. The highest BCUT2D eigenvalue weighted by atomic mass is 32.1. The lowest BCUT2D eigenvalue weighted by atomic mass is 9.93. The average molecular weight is 333 g/mol. The van der Waals surface area contributed by atoms with Gasteiger partial charge in [0.1, 0.15) is 5.01 Å². The number of rotatable bonds is 7. The van der Waals surface area contributed by atoms with Crippen LogP contribution in [0.4, 0.5) is 4.79 Å². The van der Waals surface area contributed by atoms with Crippen molar-refractivity contribution in [3.63, 3.8) is 0 Å². The molecule has 0 bridgehead atoms. The Morgan fingerprint density at radius 1 is 1.30 bits per heavy atom. The van der Waals surface area contributed by atoms with Gasteiger partial charge in [-0.1, -0.05) is 30.3 Å². The minimum absolute atomic E-state index is 0.0871. The van der Waals surface area contributed by atoms with Gasteiger partial charge in [0.2, 0.25) is 0 Å². The van der Waals surface area contributed by atoms with E-state index in [-0.39, 0.29) is 11.9 Å². The van der Waals surface area contributed by atoms with Crippen LogP contribution < -0.4 is 10.6 Å². The number of thiazole rings is 1. The summed E-state index contributed by atoms with van der Waals surface area (Å²) in [5.41, 5.74) is 1.12. The summed E-state index contributed by atoms with van der Waals surface area (Å²) in [6, 6.07) is 9.71. The molecule has 1 heterocycles. The molecule has 6 heteroatoms. The largest absolute Gasteiger partial charge is 0.393 e. The van der Waals surface area contributed by atoms with Crippen molar-refractivity contribution in [2.75, 3.05) is 6.54 Å². The topological polar surface area (TPSA) is 74.2 Å². The quantitative estimate of drug-likeness (QED) is 0.729. The molecule has 2 rings (SSSR count). The molecule has 3 N–H and O–H groups in total. The molecular weight excluding hydrogens is 310 g/mol. The third kappa shape index (κ3) is 6.00. The van der Waals surface area contributed by atoms with Crippen LogP contribution in [0.3, 0.4) is 0 Å². The van der Waals surface area contributed by atoms with Crippen LogP contribution in [-0.4, -0.2) is 28.8 Å². The number of aliphatic hydroxyl groups is 1. The number of nitrogens with one attached hydrogen (secondary N) is 2. The first-order valence-corrected chi connectivity index (χ1v) is 8.52. The predicted molar refractivity (Wildman–Crippen MR) is 92.6 cm³/mol. The fourth-order valence-corrected chi connectivity index (χ4v) is 3.12. The second kappa shape index (κ2) is 8.64. The number of carbonyl (C=O) groups is 1. The third-order valence-corrected chi connectivity index (χ3v) is 4.39. The molecule has 1 aromatic carbocycles. The van der Waals surface area contributed by atoms with Crippen molar-refractivity contribution in [2.45, 2.75) is 38.8 Å². The Kier molecular flexibility index (Phi) is 6.55. The van der Waals surface area contributed by atoms with Gasteiger partial charge in [0.05, 0.1) is 12.6 Å². The van der Waals surface area contributed by atoms with E-state index >= 15 is 0 Å². The van der Waals surface area contributed by atoms with Gasteiger partial charge < -0.3 is 15.7 Å². The maximum atomic E-state index is 11.9. The summed E-state index contributed by atoms with van der Waals surface area (Å²) in [6.45, 7) is 4.66. The van der Waals surface area contributed by atoms with Crippen LogP contribution in [0.5, 0.6) is 0 Å². The molecule has 0 spiro atoms. The normalized spacial score (nSPS) is 13.3. The van der Waals surface area contributed by atoms with E-state index < -0.39 is 6.10 Å². The zero-order valence-electron chi connectivity index (χ0n) is 13.5. The summed E-state index contributed by atoms with van der Waals surface area (Å²) >= 11 is 1.57. The van der Waals surface area contributed by atoms with E-state index in [0.29, 0.717) is 19.5 Å². The van der Waals surface area contributed by atoms with Crippen molar-refractivity contribution in [1.29, 1.82) is 0 Å². The minimum Gasteiger partial charge on any atom is -0.393 e. The molecule has 0 fully saturated rings. The zero-order chi connectivity index (χ0) is 16.7. The van der Waals surface area contributed by atoms with Crippen LogP contribution in [0.15, 0.2) is 36.5 Å². The maximum absolute atomic E-state index is 11.9. The van der Waals surface area contributed by atoms with Crippen molar-refractivity contribution in [1.82, 2.24) is 15.6 Å². The Morgan fingerprint density at radius 2 is 2.04 bits per heavy atom. The van der Waals surface area contributed by atoms with Crippen LogP contribution in [0.25, 0.3) is 0 Å². The van der Waals surface area contributed by atoms with Gasteiger partial charge in [0.15, 0.2) is 0 Å². The number of aromatic nitrogens is 1. The molecule has 23 heavy (non-hydrogen) atoms. The van der Waals surface area contributed by atoms with E-state index in [9.17, 15) is 9.90 Å². The van der Waals surface area contributed by atoms with E-state index in [1.54, 1.807) is 24.5 Å². The summed E-state index contributed by atoms with van der Waals surface area (Å²) in [4.78, 5) is 17.3. The number of urea groups is 1. The van der Waals surface area contributed by atoms with Gasteiger partial charge in [-0.25, -0.2) is 9.78 Å². The van der Waals surface area contributed by atoms with Crippen LogP contribution in [0, 0.1) is 6.92 Å². The molecule has 5 nitrogen and oxygen atoms in total. The van der Waals surface area contributed by atoms with Gasteiger partial charge in [-0.3, -0.25) is 0 Å². The SMILES string of the molecule is Cc1cnc(CNC(=O)NCC(CC(C)O)c2ccccc2)s1. The molecule has 2 amide bonds. The summed E-state index contributed by atoms with van der Waals surface area (Å²) in [5.74, 6) is 0.0871. The lowest BCUT2D eigenvalue weighted by molar-refractivity contribution is 0.173. The molecule has 1 aromatic heterocycles. The third-order valence-electron chi connectivity index (χ3n) is 3.47. The number of nitrogens with zero attached hydrogens (tertiary/aromatic N) is 1. The second-order valence-electron chi connectivity index (χ2n) is 5.62. The van der Waals surface area contributed by atoms with Crippen molar-refractivity contribution >= 4 is 17.4 Å². The molecule has 2 atom stereocenters. The summed E-state index contributed by atoms with van der Waals surface area (Å²) < 4.78 is 0. The van der Waals surface area contributed by atoms with Crippen LogP contribution in [-0.2, 0) is 6.54 Å². The highest BCUT2D eigenvalue weighted by Crippen LogP contribution is 2.20. The number of aryl methyl sites for hydroxylation is 1. The Balaban J connectivity index is 1.84. The van der Waals surface area contributed by atoms with Crippen LogP contribution >= 0.6 is 11.3 Å². The van der Waals surface area contributed by atoms with Gasteiger partial charge in [-0.15, -0.1) is 11.3 Å². The number of hydrogen-bond acceptors (Lipinski definition) is 4. The molecule has 0 saturated carbocycles. The Hall–Kier alpha value is -1.92. The number of aliphatic hydroxyl groups excluding tert-OH is 1. The number of amides is 2. The second-order valence-corrected chi connectivity index (χ2v) is 6.94. The van der Waals surface area contributed by atoms with Gasteiger partial charge in [0, 0.05) is 23.5 Å². The molecule has 0 aliphatic carbocycles. The fraction of sp³-hybridized carbons (Fsp3) is 0.412. The number of hydrogen-bond donors (Lipinski definition) is 3. The standard InChI is InChI=1S/C17H23N3O2S/c1-12(21)8-15(14-6-4-3-5-7-14)10-19-17(22)20-11-16-18-9-13(2)23-16/h3-7,9,12,15,21H,8,10-11H2,1-2H3,(H2,19,20,22). The van der Waals surface area contributed by atoms with E-state index in [1.165, 1.54) is 0 Å². The summed E-state index contributed by atoms with van der Waals surface area (Å²) in [7, 11) is 0. The maximum Gasteiger partial charge on any atom is 0.315 e. The molecule has 0 radical (unpaired) electrons. The first-order valence-electron chi connectivity index (χ1n) is 7.70. The predicted octanol–water partition coefficient (Wildman–Crippen LogP) is 2.81. The summed E-state index contributed by atoms with van der Waals surface area (Å²) in [5, 5.41) is 16.2. The average Bonchev–Trinajstić information content (AvgIpc) is 2.95. The molecule has 0 saturated heterocycles. The Labute approximate surface area is 140 Å². The van der Waals surface area contributed by atoms with E-state index in [1.807, 2.05) is 37.3 Å². The zero-order valence-corrected chi connectivity index (χ0v) is 14.3. The monoisotopic (exact) mass is 333 g/mol. The lowest BCUT2D eigenvalue weighted by Gasteiger charge is -2.19. The van der Waals surface area contributed by atoms with Crippen molar-refractivity contribution < 1.29 is 9.90 Å². The molecule has 2 unspecified atom stereocenters. The number of benzene rings is 1. The van der Waals surface area contributed by atoms with Crippen molar-refractivity contribution in [3.8, 4) is 0 Å². The Bertz CT molecular complexity index is 613. The van der Waals surface area contributed by atoms with Crippen LogP contribution in [0.2, 0.25) is 0 Å². The van der Waals surface area contributed by atoms with Gasteiger partial charge in [-0.05, 0) is 25.8 Å². The molecule has 124 valence electrons. The fourth-order valence-electron chi connectivity index (χ4n) is 2.39. The first kappa shape index (κ1) is 17.4. The minimum atomic E-state index is -0.414. The van der Waals surface area contributed by atoms with Gasteiger partial charge in [0.25, 0.3) is 0 Å². The number of carbonyl (C=O) groups excluding carboxylic acids is 1. The van der Waals surface area contributed by atoms with Gasteiger partial charge in [-0.2, -0.15) is 0 Å². The van der Waals surface area contributed by atoms with Crippen molar-refractivity contribution in [3.05, 3.63) is 52.0 Å². The van der Waals surface area contributed by atoms with E-state index in [2.05, 4.69) is 15.6 Å². The van der Waals surface area contributed by atoms with Crippen LogP contribution in [0.1, 0.15) is 34.7 Å². The lowest BCUT2D eigenvalue weighted by Crippen LogP contribution is -2.37. The molecule has 2 aromatic rings. The Morgan fingerprint density at radius 3 is 2.65 bits per heavy atom. The highest BCUT2D eigenvalue weighted by molar-refractivity contribution is 7.11. The molecular formula is C17H23N3O2S. The van der Waals surface area contributed by atoms with Crippen molar-refractivity contribution in [2.24, 2.45) is 0 Å². The van der Waals surface area contributed by atoms with Gasteiger partial charge >= 0.3 is 6.03 Å². The highest BCUT2D eigenvalue weighted by Gasteiger charge is 2.15. The van der Waals surface area contributed by atoms with E-state index in [4.69, 9.17) is 0 Å². The molecule has 0 aliphatic rings. The summed E-state index contributed by atoms with van der Waals surface area (Å²) in [6.07, 6.45) is 1.99.